The van der Waals surface area contributed by atoms with Crippen LogP contribution < -0.4 is 5.32 Å². The van der Waals surface area contributed by atoms with E-state index in [0.717, 1.165) is 5.69 Å². The first-order valence-corrected chi connectivity index (χ1v) is 7.79. The van der Waals surface area contributed by atoms with E-state index >= 15 is 0 Å². The fourth-order valence-corrected chi connectivity index (χ4v) is 2.81. The van der Waals surface area contributed by atoms with Gasteiger partial charge in [-0.3, -0.25) is 9.48 Å². The van der Waals surface area contributed by atoms with Gasteiger partial charge in [0.15, 0.2) is 0 Å². The van der Waals surface area contributed by atoms with Crippen molar-refractivity contribution < 1.29 is 9.18 Å². The summed E-state index contributed by atoms with van der Waals surface area (Å²) < 4.78 is 17.5. The first-order chi connectivity index (χ1) is 11.5. The molecule has 0 radical (unpaired) electrons. The molecule has 1 N–H and O–H groups in total. The molecule has 5 nitrogen and oxygen atoms in total. The number of carbonyl (C=O) groups excluding carboxylic acids is 1. The molecule has 0 aliphatic heterocycles. The quantitative estimate of drug-likeness (QED) is 0.795. The van der Waals surface area contributed by atoms with Crippen molar-refractivity contribution in [2.45, 2.75) is 27.3 Å². The third-order valence-corrected chi connectivity index (χ3v) is 3.99. The van der Waals surface area contributed by atoms with E-state index in [4.69, 9.17) is 0 Å². The highest BCUT2D eigenvalue weighted by Crippen LogP contribution is 2.21. The molecule has 3 aromatic rings. The summed E-state index contributed by atoms with van der Waals surface area (Å²) in [5.74, 6) is -0.592. The molecular weight excluding hydrogens is 307 g/mol. The molecule has 2 heterocycles. The molecule has 0 bridgehead atoms. The van der Waals surface area contributed by atoms with Crippen LogP contribution in [0.5, 0.6) is 0 Å². The molecule has 0 spiro atoms. The smallest absolute Gasteiger partial charge is 0.259 e. The molecule has 6 heteroatoms. The lowest BCUT2D eigenvalue weighted by Gasteiger charge is -2.10. The van der Waals surface area contributed by atoms with Crippen LogP contribution in [0.1, 0.15) is 28.7 Å². The van der Waals surface area contributed by atoms with Gasteiger partial charge >= 0.3 is 0 Å². The number of anilines is 1. The van der Waals surface area contributed by atoms with Crippen LogP contribution in [0, 0.1) is 19.7 Å². The predicted molar refractivity (Wildman–Crippen MR) is 91.1 cm³/mol. The number of aryl methyl sites for hydroxylation is 2. The average molecular weight is 326 g/mol. The number of nitrogens with one attached hydrogen (secondary N) is 1. The lowest BCUT2D eigenvalue weighted by Crippen LogP contribution is -2.14. The Kier molecular flexibility index (Phi) is 4.20. The van der Waals surface area contributed by atoms with Crippen LogP contribution >= 0.6 is 0 Å². The number of hydrogen-bond acceptors (Lipinski definition) is 2. The molecule has 0 aliphatic rings. The molecule has 1 amide bonds. The monoisotopic (exact) mass is 326 g/mol. The molecule has 0 aliphatic carbocycles. The van der Waals surface area contributed by atoms with Crippen LogP contribution in [0.15, 0.2) is 42.7 Å². The summed E-state index contributed by atoms with van der Waals surface area (Å²) in [6.45, 7) is 6.36. The number of rotatable bonds is 4. The number of halogens is 1. The number of aromatic nitrogens is 3. The van der Waals surface area contributed by atoms with Gasteiger partial charge in [0.05, 0.1) is 16.9 Å². The van der Waals surface area contributed by atoms with E-state index in [0.29, 0.717) is 29.2 Å². The van der Waals surface area contributed by atoms with Crippen LogP contribution in [-0.2, 0) is 6.54 Å². The zero-order valence-electron chi connectivity index (χ0n) is 13.9. The van der Waals surface area contributed by atoms with E-state index in [1.807, 2.05) is 32.9 Å². The third kappa shape index (κ3) is 2.82. The lowest BCUT2D eigenvalue weighted by atomic mass is 10.1. The maximum atomic E-state index is 14.0. The Bertz CT molecular complexity index is 881. The Morgan fingerprint density at radius 1 is 1.25 bits per heavy atom. The SMILES string of the molecule is CCn1nc(C)c(C(=O)Nc2ccc(F)c(-n3cccc3)c2)c1C. The Labute approximate surface area is 139 Å². The highest BCUT2D eigenvalue weighted by atomic mass is 19.1. The first-order valence-electron chi connectivity index (χ1n) is 7.79. The largest absolute Gasteiger partial charge is 0.322 e. The van der Waals surface area contributed by atoms with Crippen molar-refractivity contribution in [3.8, 4) is 5.69 Å². The summed E-state index contributed by atoms with van der Waals surface area (Å²) in [5.41, 5.74) is 2.98. The minimum absolute atomic E-state index is 0.241. The molecule has 2 aromatic heterocycles. The van der Waals surface area contributed by atoms with E-state index in [2.05, 4.69) is 10.4 Å². The van der Waals surface area contributed by atoms with Gasteiger partial charge in [0.2, 0.25) is 0 Å². The Hall–Kier alpha value is -2.89. The maximum absolute atomic E-state index is 14.0. The van der Waals surface area contributed by atoms with Gasteiger partial charge in [-0.1, -0.05) is 0 Å². The van der Waals surface area contributed by atoms with Gasteiger partial charge in [-0.15, -0.1) is 0 Å². The van der Waals surface area contributed by atoms with Gasteiger partial charge in [0.1, 0.15) is 5.82 Å². The summed E-state index contributed by atoms with van der Waals surface area (Å²) in [7, 11) is 0. The van der Waals surface area contributed by atoms with Gasteiger partial charge in [0, 0.05) is 30.3 Å². The third-order valence-electron chi connectivity index (χ3n) is 3.99. The Morgan fingerprint density at radius 3 is 2.58 bits per heavy atom. The Morgan fingerprint density at radius 2 is 1.96 bits per heavy atom. The van der Waals surface area contributed by atoms with Crippen molar-refractivity contribution >= 4 is 11.6 Å². The second-order valence-corrected chi connectivity index (χ2v) is 5.57. The van der Waals surface area contributed by atoms with Crippen molar-refractivity contribution in [2.75, 3.05) is 5.32 Å². The van der Waals surface area contributed by atoms with E-state index in [1.54, 1.807) is 33.8 Å². The van der Waals surface area contributed by atoms with E-state index in [1.165, 1.54) is 6.07 Å². The van der Waals surface area contributed by atoms with Gasteiger partial charge in [0.25, 0.3) is 5.91 Å². The topological polar surface area (TPSA) is 51.9 Å². The normalized spacial score (nSPS) is 10.8. The number of amides is 1. The number of hydrogen-bond donors (Lipinski definition) is 1. The summed E-state index contributed by atoms with van der Waals surface area (Å²) in [6, 6.07) is 8.14. The first kappa shape index (κ1) is 16.0. The van der Waals surface area contributed by atoms with Crippen molar-refractivity contribution in [1.29, 1.82) is 0 Å². The van der Waals surface area contributed by atoms with Crippen molar-refractivity contribution in [3.63, 3.8) is 0 Å². The standard InChI is InChI=1S/C18H19FN4O/c1-4-23-13(3)17(12(2)21-23)18(24)20-14-7-8-15(19)16(11-14)22-9-5-6-10-22/h5-11H,4H2,1-3H3,(H,20,24). The summed E-state index contributed by atoms with van der Waals surface area (Å²) in [6.07, 6.45) is 3.51. The minimum atomic E-state index is -0.352. The second-order valence-electron chi connectivity index (χ2n) is 5.57. The van der Waals surface area contributed by atoms with E-state index in [9.17, 15) is 9.18 Å². The van der Waals surface area contributed by atoms with Crippen molar-refractivity contribution in [2.24, 2.45) is 0 Å². The highest BCUT2D eigenvalue weighted by Gasteiger charge is 2.18. The van der Waals surface area contributed by atoms with Crippen LogP contribution in [0.25, 0.3) is 5.69 Å². The molecule has 124 valence electrons. The number of nitrogens with zero attached hydrogens (tertiary/aromatic N) is 3. The van der Waals surface area contributed by atoms with Gasteiger partial charge in [-0.25, -0.2) is 4.39 Å². The lowest BCUT2D eigenvalue weighted by molar-refractivity contribution is 0.102. The van der Waals surface area contributed by atoms with Crippen molar-refractivity contribution in [1.82, 2.24) is 14.3 Å². The molecule has 3 rings (SSSR count). The van der Waals surface area contributed by atoms with Crippen molar-refractivity contribution in [3.05, 3.63) is 65.5 Å². The summed E-state index contributed by atoms with van der Waals surface area (Å²) in [5, 5.41) is 7.19. The maximum Gasteiger partial charge on any atom is 0.259 e. The molecule has 0 saturated carbocycles. The fraction of sp³-hybridized carbons (Fsp3) is 0.222. The summed E-state index contributed by atoms with van der Waals surface area (Å²) >= 11 is 0. The minimum Gasteiger partial charge on any atom is -0.322 e. The molecule has 0 unspecified atom stereocenters. The van der Waals surface area contributed by atoms with E-state index < -0.39 is 0 Å². The van der Waals surface area contributed by atoms with Crippen LogP contribution in [0.3, 0.4) is 0 Å². The molecule has 0 fully saturated rings. The van der Waals surface area contributed by atoms with Gasteiger partial charge in [-0.05, 0) is 51.1 Å². The molecule has 0 atom stereocenters. The zero-order valence-corrected chi connectivity index (χ0v) is 13.9. The summed E-state index contributed by atoms with van der Waals surface area (Å²) in [4.78, 5) is 12.6. The number of carbonyl (C=O) groups is 1. The molecule has 1 aromatic carbocycles. The van der Waals surface area contributed by atoms with E-state index in [-0.39, 0.29) is 11.7 Å². The molecule has 24 heavy (non-hydrogen) atoms. The number of benzene rings is 1. The zero-order chi connectivity index (χ0) is 17.3. The second kappa shape index (κ2) is 6.31. The predicted octanol–water partition coefficient (Wildman–Crippen LogP) is 3.70. The van der Waals surface area contributed by atoms with Gasteiger partial charge in [-0.2, -0.15) is 5.10 Å². The fourth-order valence-electron chi connectivity index (χ4n) is 2.81. The van der Waals surface area contributed by atoms with Crippen LogP contribution in [-0.4, -0.2) is 20.3 Å². The van der Waals surface area contributed by atoms with Crippen LogP contribution in [0.4, 0.5) is 10.1 Å². The van der Waals surface area contributed by atoms with Crippen LogP contribution in [0.2, 0.25) is 0 Å². The van der Waals surface area contributed by atoms with Gasteiger partial charge < -0.3 is 9.88 Å². The molecular formula is C18H19FN4O. The average Bonchev–Trinajstić information content (AvgIpc) is 3.17. The Balaban J connectivity index is 1.91. The highest BCUT2D eigenvalue weighted by molar-refractivity contribution is 6.06. The molecule has 0 saturated heterocycles.